The number of nitrogens with one attached hydrogen (secondary N) is 1. The molecule has 0 fully saturated rings. The lowest BCUT2D eigenvalue weighted by atomic mass is 10.1. The number of nitro groups is 1. The zero-order valence-electron chi connectivity index (χ0n) is 13.4. The van der Waals surface area contributed by atoms with E-state index in [-0.39, 0.29) is 30.0 Å². The van der Waals surface area contributed by atoms with Crippen molar-refractivity contribution in [3.05, 3.63) is 48.5 Å². The summed E-state index contributed by atoms with van der Waals surface area (Å²) in [5, 5.41) is 11.1. The fourth-order valence-corrected chi connectivity index (χ4v) is 2.26. The van der Waals surface area contributed by atoms with E-state index in [4.69, 9.17) is 4.74 Å². The molecule has 0 aliphatic rings. The number of benzene rings is 1. The Morgan fingerprint density at radius 1 is 1.42 bits per heavy atom. The predicted octanol–water partition coefficient (Wildman–Crippen LogP) is 0.952. The van der Waals surface area contributed by atoms with Crippen molar-refractivity contribution in [1.29, 1.82) is 0 Å². The van der Waals surface area contributed by atoms with Gasteiger partial charge in [0, 0.05) is 18.7 Å². The van der Waals surface area contributed by atoms with Gasteiger partial charge in [-0.05, 0) is 19.9 Å². The molecule has 1 aromatic carbocycles. The molecule has 1 heterocycles. The molecule has 0 saturated heterocycles. The highest BCUT2D eigenvalue weighted by molar-refractivity contribution is 5.79. The van der Waals surface area contributed by atoms with E-state index < -0.39 is 22.1 Å². The van der Waals surface area contributed by atoms with E-state index in [1.807, 2.05) is 0 Å². The number of hydrogen-bond acceptors (Lipinski definition) is 6. The largest absolute Gasteiger partial charge is 0.450 e. The van der Waals surface area contributed by atoms with E-state index in [2.05, 4.69) is 4.98 Å². The molecule has 1 N–H and O–H groups in total. The van der Waals surface area contributed by atoms with Gasteiger partial charge in [-0.1, -0.05) is 0 Å². The van der Waals surface area contributed by atoms with Gasteiger partial charge in [-0.2, -0.15) is 0 Å². The molecular weight excluding hydrogens is 320 g/mol. The van der Waals surface area contributed by atoms with Crippen LogP contribution in [0.3, 0.4) is 0 Å². The third kappa shape index (κ3) is 3.12. The Balaban J connectivity index is 2.66. The van der Waals surface area contributed by atoms with Gasteiger partial charge in [-0.25, -0.2) is 4.79 Å². The van der Waals surface area contributed by atoms with Gasteiger partial charge in [0.1, 0.15) is 6.67 Å². The molecule has 10 nitrogen and oxygen atoms in total. The predicted molar refractivity (Wildman–Crippen MR) is 85.0 cm³/mol. The summed E-state index contributed by atoms with van der Waals surface area (Å²) in [4.78, 5) is 49.6. The number of nitro benzene ring substituents is 1. The summed E-state index contributed by atoms with van der Waals surface area (Å²) in [6, 6.07) is 2.61. The fourth-order valence-electron chi connectivity index (χ4n) is 2.26. The van der Waals surface area contributed by atoms with Crippen LogP contribution in [0.5, 0.6) is 0 Å². The number of carbonyl (C=O) groups excluding carboxylic acids is 1. The number of rotatable bonds is 4. The molecule has 2 aromatic rings. The first-order valence-corrected chi connectivity index (χ1v) is 7.06. The van der Waals surface area contributed by atoms with Crippen molar-refractivity contribution in [2.75, 3.05) is 13.7 Å². The summed E-state index contributed by atoms with van der Waals surface area (Å²) < 4.78 is 5.81. The number of aromatic nitrogens is 2. The molecule has 0 bridgehead atoms. The number of ether oxygens (including phenoxy) is 1. The standard InChI is InChI=1S/C14H16N4O6/c1-4-24-14(21)16(3)7-17-11-6-10(18(22)23)8(2)5-9(11)15-12(19)13(17)20/h5-6H,4,7H2,1-3H3,(H,15,19). The summed E-state index contributed by atoms with van der Waals surface area (Å²) >= 11 is 0. The minimum Gasteiger partial charge on any atom is -0.450 e. The van der Waals surface area contributed by atoms with E-state index >= 15 is 0 Å². The maximum Gasteiger partial charge on any atom is 0.410 e. The Labute approximate surface area is 135 Å². The number of amides is 1. The molecule has 0 atom stereocenters. The Morgan fingerprint density at radius 2 is 2.08 bits per heavy atom. The second-order valence-corrected chi connectivity index (χ2v) is 5.14. The van der Waals surface area contributed by atoms with Crippen molar-refractivity contribution < 1.29 is 14.5 Å². The second-order valence-electron chi connectivity index (χ2n) is 5.14. The number of hydrogen-bond donors (Lipinski definition) is 1. The Hall–Kier alpha value is -3.17. The summed E-state index contributed by atoms with van der Waals surface area (Å²) in [5.74, 6) is 0. The van der Waals surface area contributed by atoms with E-state index in [1.165, 1.54) is 26.1 Å². The Bertz CT molecular complexity index is 929. The zero-order chi connectivity index (χ0) is 18.0. The molecule has 0 spiro atoms. The molecule has 24 heavy (non-hydrogen) atoms. The van der Waals surface area contributed by atoms with Gasteiger partial charge in [-0.15, -0.1) is 0 Å². The van der Waals surface area contributed by atoms with Gasteiger partial charge in [0.2, 0.25) is 0 Å². The minimum absolute atomic E-state index is 0.146. The molecule has 2 rings (SSSR count). The first kappa shape index (κ1) is 17.2. The van der Waals surface area contributed by atoms with Crippen molar-refractivity contribution >= 4 is 22.8 Å². The topological polar surface area (TPSA) is 128 Å². The maximum atomic E-state index is 12.1. The zero-order valence-corrected chi connectivity index (χ0v) is 13.4. The molecule has 0 radical (unpaired) electrons. The van der Waals surface area contributed by atoms with Crippen LogP contribution in [0.1, 0.15) is 12.5 Å². The van der Waals surface area contributed by atoms with Crippen LogP contribution >= 0.6 is 0 Å². The number of H-pyrrole nitrogens is 1. The van der Waals surface area contributed by atoms with Gasteiger partial charge in [0.05, 0.1) is 22.6 Å². The quantitative estimate of drug-likeness (QED) is 0.503. The Kier molecular flexibility index (Phi) is 4.67. The monoisotopic (exact) mass is 336 g/mol. The van der Waals surface area contributed by atoms with E-state index in [0.29, 0.717) is 5.56 Å². The average Bonchev–Trinajstić information content (AvgIpc) is 2.51. The van der Waals surface area contributed by atoms with Gasteiger partial charge in [0.15, 0.2) is 0 Å². The summed E-state index contributed by atoms with van der Waals surface area (Å²) in [5.41, 5.74) is -1.24. The molecule has 1 amide bonds. The molecule has 0 saturated carbocycles. The number of nitrogens with zero attached hydrogens (tertiary/aromatic N) is 3. The lowest BCUT2D eigenvalue weighted by Crippen LogP contribution is -2.41. The van der Waals surface area contributed by atoms with Crippen molar-refractivity contribution in [1.82, 2.24) is 14.5 Å². The highest BCUT2D eigenvalue weighted by Gasteiger charge is 2.18. The van der Waals surface area contributed by atoms with Crippen LogP contribution < -0.4 is 11.1 Å². The van der Waals surface area contributed by atoms with E-state index in [1.54, 1.807) is 6.92 Å². The normalized spacial score (nSPS) is 10.6. The molecular formula is C14H16N4O6. The lowest BCUT2D eigenvalue weighted by Gasteiger charge is -2.19. The van der Waals surface area contributed by atoms with Gasteiger partial charge < -0.3 is 9.72 Å². The maximum absolute atomic E-state index is 12.1. The summed E-state index contributed by atoms with van der Waals surface area (Å²) in [6.07, 6.45) is -0.681. The van der Waals surface area contributed by atoms with Gasteiger partial charge in [0.25, 0.3) is 5.69 Å². The molecule has 0 aliphatic heterocycles. The first-order valence-electron chi connectivity index (χ1n) is 7.06. The SMILES string of the molecule is CCOC(=O)N(C)Cn1c(=O)c(=O)[nH]c2cc(C)c([N+](=O)[O-])cc21. The van der Waals surface area contributed by atoms with Crippen molar-refractivity contribution in [2.45, 2.75) is 20.5 Å². The third-order valence-corrected chi connectivity index (χ3v) is 3.42. The van der Waals surface area contributed by atoms with Crippen molar-refractivity contribution in [3.8, 4) is 0 Å². The lowest BCUT2D eigenvalue weighted by molar-refractivity contribution is -0.385. The van der Waals surface area contributed by atoms with Crippen LogP contribution in [0.15, 0.2) is 21.7 Å². The van der Waals surface area contributed by atoms with Crippen LogP contribution in [0.25, 0.3) is 11.0 Å². The Morgan fingerprint density at radius 3 is 2.67 bits per heavy atom. The molecule has 1 aromatic heterocycles. The highest BCUT2D eigenvalue weighted by atomic mass is 16.6. The van der Waals surface area contributed by atoms with Crippen LogP contribution in [0.4, 0.5) is 10.5 Å². The highest BCUT2D eigenvalue weighted by Crippen LogP contribution is 2.23. The fraction of sp³-hybridized carbons (Fsp3) is 0.357. The van der Waals surface area contributed by atoms with Crippen LogP contribution in [0.2, 0.25) is 0 Å². The average molecular weight is 336 g/mol. The third-order valence-electron chi connectivity index (χ3n) is 3.42. The molecule has 10 heteroatoms. The second kappa shape index (κ2) is 6.52. The minimum atomic E-state index is -0.920. The number of aromatic amines is 1. The smallest absolute Gasteiger partial charge is 0.410 e. The molecule has 0 unspecified atom stereocenters. The number of carbonyl (C=O) groups is 1. The number of aryl methyl sites for hydroxylation is 1. The summed E-state index contributed by atoms with van der Waals surface area (Å²) in [6.45, 7) is 3.03. The van der Waals surface area contributed by atoms with Crippen molar-refractivity contribution in [3.63, 3.8) is 0 Å². The van der Waals surface area contributed by atoms with Crippen LogP contribution in [0, 0.1) is 17.0 Å². The van der Waals surface area contributed by atoms with E-state index in [9.17, 15) is 24.5 Å². The first-order chi connectivity index (χ1) is 11.3. The molecule has 0 aliphatic carbocycles. The molecule has 128 valence electrons. The van der Waals surface area contributed by atoms with Gasteiger partial charge in [-0.3, -0.25) is 29.2 Å². The van der Waals surface area contributed by atoms with Crippen LogP contribution in [-0.4, -0.2) is 39.1 Å². The van der Waals surface area contributed by atoms with Crippen molar-refractivity contribution in [2.24, 2.45) is 0 Å². The van der Waals surface area contributed by atoms with Gasteiger partial charge >= 0.3 is 17.2 Å². The summed E-state index contributed by atoms with van der Waals surface area (Å²) in [7, 11) is 1.39. The van der Waals surface area contributed by atoms with E-state index in [0.717, 1.165) is 9.47 Å². The number of fused-ring (bicyclic) bond motifs is 1. The van der Waals surface area contributed by atoms with Crippen LogP contribution in [-0.2, 0) is 11.4 Å².